The smallest absolute Gasteiger partial charge is 0.220 e. The second kappa shape index (κ2) is 9.26. The van der Waals surface area contributed by atoms with Crippen LogP contribution in [0.5, 0.6) is 0 Å². The van der Waals surface area contributed by atoms with Crippen LogP contribution >= 0.6 is 11.6 Å². The van der Waals surface area contributed by atoms with Crippen molar-refractivity contribution in [2.24, 2.45) is 11.8 Å². The maximum Gasteiger partial charge on any atom is 0.220 e. The van der Waals surface area contributed by atoms with E-state index in [4.69, 9.17) is 16.3 Å². The Balaban J connectivity index is 1.80. The lowest BCUT2D eigenvalue weighted by Crippen LogP contribution is -2.36. The van der Waals surface area contributed by atoms with Crippen LogP contribution in [0.2, 0.25) is 5.02 Å². The molecule has 1 aromatic carbocycles. The highest BCUT2D eigenvalue weighted by Gasteiger charge is 2.22. The van der Waals surface area contributed by atoms with Crippen molar-refractivity contribution >= 4 is 17.5 Å². The van der Waals surface area contributed by atoms with Crippen molar-refractivity contribution in [3.63, 3.8) is 0 Å². The summed E-state index contributed by atoms with van der Waals surface area (Å²) in [4.78, 5) is 12.2. The monoisotopic (exact) mass is 338 g/mol. The normalized spacial score (nSPS) is 20.7. The first-order valence-corrected chi connectivity index (χ1v) is 8.73. The van der Waals surface area contributed by atoms with E-state index >= 15 is 0 Å². The third-order valence-electron chi connectivity index (χ3n) is 4.64. The van der Waals surface area contributed by atoms with Crippen molar-refractivity contribution in [2.75, 3.05) is 26.7 Å². The fourth-order valence-corrected chi connectivity index (χ4v) is 3.35. The van der Waals surface area contributed by atoms with Crippen LogP contribution in [0.4, 0.5) is 0 Å². The molecule has 3 unspecified atom stereocenters. The number of hydrogen-bond acceptors (Lipinski definition) is 3. The van der Waals surface area contributed by atoms with Gasteiger partial charge in [0.25, 0.3) is 0 Å². The summed E-state index contributed by atoms with van der Waals surface area (Å²) in [6.07, 6.45) is 2.81. The van der Waals surface area contributed by atoms with Crippen molar-refractivity contribution in [2.45, 2.75) is 32.3 Å². The molecule has 2 rings (SSSR count). The predicted octanol–water partition coefficient (Wildman–Crippen LogP) is 3.17. The zero-order valence-corrected chi connectivity index (χ0v) is 14.7. The molecule has 1 saturated heterocycles. The summed E-state index contributed by atoms with van der Waals surface area (Å²) in [6, 6.07) is 7.56. The summed E-state index contributed by atoms with van der Waals surface area (Å²) < 4.78 is 5.48. The summed E-state index contributed by atoms with van der Waals surface area (Å²) in [6.45, 7) is 4.76. The van der Waals surface area contributed by atoms with Crippen LogP contribution in [-0.2, 0) is 9.53 Å². The Bertz CT molecular complexity index is 504. The minimum absolute atomic E-state index is 0.0900. The van der Waals surface area contributed by atoms with Gasteiger partial charge in [-0.25, -0.2) is 0 Å². The summed E-state index contributed by atoms with van der Waals surface area (Å²) in [5.74, 6) is 1.09. The number of ether oxygens (including phenoxy) is 1. The van der Waals surface area contributed by atoms with E-state index in [1.165, 1.54) is 12.8 Å². The van der Waals surface area contributed by atoms with Crippen molar-refractivity contribution in [3.05, 3.63) is 34.9 Å². The fraction of sp³-hybridized carbons (Fsp3) is 0.611. The Hall–Kier alpha value is -1.10. The number of benzene rings is 1. The molecular weight excluding hydrogens is 312 g/mol. The molecule has 1 aliphatic rings. The molecule has 0 spiro atoms. The molecule has 1 amide bonds. The van der Waals surface area contributed by atoms with Crippen LogP contribution in [0.1, 0.15) is 37.9 Å². The van der Waals surface area contributed by atoms with Gasteiger partial charge in [-0.3, -0.25) is 4.79 Å². The van der Waals surface area contributed by atoms with Gasteiger partial charge in [0.15, 0.2) is 0 Å². The van der Waals surface area contributed by atoms with E-state index < -0.39 is 0 Å². The Kier molecular flexibility index (Phi) is 7.34. The number of rotatable bonds is 7. The number of hydrogen-bond donors (Lipinski definition) is 2. The molecule has 4 nitrogen and oxygen atoms in total. The van der Waals surface area contributed by atoms with Crippen LogP contribution in [-0.4, -0.2) is 32.7 Å². The van der Waals surface area contributed by atoms with Crippen molar-refractivity contribution < 1.29 is 9.53 Å². The Morgan fingerprint density at radius 2 is 2.35 bits per heavy atom. The molecule has 1 aromatic rings. The molecule has 0 aromatic heterocycles. The van der Waals surface area contributed by atoms with E-state index in [0.717, 1.165) is 18.7 Å². The molecule has 5 heteroatoms. The highest BCUT2D eigenvalue weighted by atomic mass is 35.5. The van der Waals surface area contributed by atoms with Gasteiger partial charge in [-0.15, -0.1) is 0 Å². The number of nitrogens with one attached hydrogen (secondary N) is 2. The molecule has 0 saturated carbocycles. The molecule has 0 radical (unpaired) electrons. The van der Waals surface area contributed by atoms with Crippen LogP contribution in [0, 0.1) is 11.8 Å². The molecule has 3 atom stereocenters. The largest absolute Gasteiger partial charge is 0.375 e. The summed E-state index contributed by atoms with van der Waals surface area (Å²) in [7, 11) is 1.65. The van der Waals surface area contributed by atoms with Gasteiger partial charge in [0.1, 0.15) is 0 Å². The number of piperidine rings is 1. The number of carbonyl (C=O) groups is 1. The molecule has 2 N–H and O–H groups in total. The minimum Gasteiger partial charge on any atom is -0.375 e. The Morgan fingerprint density at radius 1 is 1.52 bits per heavy atom. The van der Waals surface area contributed by atoms with Gasteiger partial charge in [-0.1, -0.05) is 30.7 Å². The zero-order chi connectivity index (χ0) is 16.7. The topological polar surface area (TPSA) is 50.4 Å². The average Bonchev–Trinajstić information content (AvgIpc) is 2.56. The van der Waals surface area contributed by atoms with E-state index in [0.29, 0.717) is 29.8 Å². The summed E-state index contributed by atoms with van der Waals surface area (Å²) in [5, 5.41) is 7.08. The highest BCUT2D eigenvalue weighted by molar-refractivity contribution is 6.30. The first-order valence-electron chi connectivity index (χ1n) is 8.35. The molecule has 128 valence electrons. The second-order valence-electron chi connectivity index (χ2n) is 6.37. The van der Waals surface area contributed by atoms with Crippen molar-refractivity contribution in [1.82, 2.24) is 10.6 Å². The van der Waals surface area contributed by atoms with Crippen LogP contribution in [0.3, 0.4) is 0 Å². The van der Waals surface area contributed by atoms with Gasteiger partial charge in [0.2, 0.25) is 5.91 Å². The number of halogens is 1. The molecule has 1 fully saturated rings. The molecule has 0 aliphatic carbocycles. The molecular formula is C18H27ClN2O2. The third-order valence-corrected chi connectivity index (χ3v) is 4.87. The van der Waals surface area contributed by atoms with E-state index in [2.05, 4.69) is 17.6 Å². The van der Waals surface area contributed by atoms with Gasteiger partial charge in [0.05, 0.1) is 6.10 Å². The van der Waals surface area contributed by atoms with E-state index in [1.807, 2.05) is 24.3 Å². The Labute approximate surface area is 143 Å². The maximum absolute atomic E-state index is 12.2. The summed E-state index contributed by atoms with van der Waals surface area (Å²) >= 11 is 6.01. The van der Waals surface area contributed by atoms with E-state index in [1.54, 1.807) is 7.11 Å². The molecule has 0 bridgehead atoms. The number of methoxy groups -OCH3 is 1. The Morgan fingerprint density at radius 3 is 3.00 bits per heavy atom. The van der Waals surface area contributed by atoms with Crippen molar-refractivity contribution in [1.29, 1.82) is 0 Å². The molecule has 23 heavy (non-hydrogen) atoms. The SMILES string of the molecule is COC(CNC(=O)CC(C)C1CCCNC1)c1cccc(Cl)c1. The van der Waals surface area contributed by atoms with E-state index in [-0.39, 0.29) is 12.0 Å². The lowest BCUT2D eigenvalue weighted by atomic mass is 9.85. The van der Waals surface area contributed by atoms with Gasteiger partial charge in [-0.05, 0) is 55.5 Å². The standard InChI is InChI=1S/C18H27ClN2O2/c1-13(15-6-4-8-20-11-15)9-18(22)21-12-17(23-2)14-5-3-7-16(19)10-14/h3,5,7,10,13,15,17,20H,4,6,8-9,11-12H2,1-2H3,(H,21,22). The second-order valence-corrected chi connectivity index (χ2v) is 6.81. The first-order chi connectivity index (χ1) is 11.1. The van der Waals surface area contributed by atoms with Crippen LogP contribution < -0.4 is 10.6 Å². The zero-order valence-electron chi connectivity index (χ0n) is 14.0. The minimum atomic E-state index is -0.177. The van der Waals surface area contributed by atoms with Gasteiger partial charge in [-0.2, -0.15) is 0 Å². The lowest BCUT2D eigenvalue weighted by Gasteiger charge is -2.28. The summed E-state index contributed by atoms with van der Waals surface area (Å²) in [5.41, 5.74) is 0.977. The number of carbonyl (C=O) groups excluding carboxylic acids is 1. The van der Waals surface area contributed by atoms with Crippen molar-refractivity contribution in [3.8, 4) is 0 Å². The number of amides is 1. The van der Waals surface area contributed by atoms with Gasteiger partial charge in [0, 0.05) is 25.1 Å². The molecule has 1 heterocycles. The van der Waals surface area contributed by atoms with Gasteiger partial charge >= 0.3 is 0 Å². The quantitative estimate of drug-likeness (QED) is 0.803. The highest BCUT2D eigenvalue weighted by Crippen LogP contribution is 2.23. The lowest BCUT2D eigenvalue weighted by molar-refractivity contribution is -0.122. The first kappa shape index (κ1) is 18.2. The van der Waals surface area contributed by atoms with Crippen LogP contribution in [0.25, 0.3) is 0 Å². The fourth-order valence-electron chi connectivity index (χ4n) is 3.15. The predicted molar refractivity (Wildman–Crippen MR) is 93.6 cm³/mol. The van der Waals surface area contributed by atoms with Gasteiger partial charge < -0.3 is 15.4 Å². The molecule has 1 aliphatic heterocycles. The maximum atomic E-state index is 12.2. The third kappa shape index (κ3) is 5.79. The van der Waals surface area contributed by atoms with Crippen LogP contribution in [0.15, 0.2) is 24.3 Å². The van der Waals surface area contributed by atoms with E-state index in [9.17, 15) is 4.79 Å². The average molecular weight is 339 g/mol.